The van der Waals surface area contributed by atoms with Gasteiger partial charge in [0.1, 0.15) is 0 Å². The Morgan fingerprint density at radius 1 is 1.33 bits per heavy atom. The Kier molecular flexibility index (Phi) is 5.12. The minimum absolute atomic E-state index is 0.0707. The fourth-order valence-electron chi connectivity index (χ4n) is 1.38. The highest BCUT2D eigenvalue weighted by Crippen LogP contribution is 2.19. The summed E-state index contributed by atoms with van der Waals surface area (Å²) in [5.41, 5.74) is 5.66. The summed E-state index contributed by atoms with van der Waals surface area (Å²) in [6, 6.07) is 6.95. The van der Waals surface area contributed by atoms with Crippen LogP contribution in [0.1, 0.15) is 0 Å². The summed E-state index contributed by atoms with van der Waals surface area (Å²) in [5, 5.41) is 14.7. The molecule has 0 atom stereocenters. The van der Waals surface area contributed by atoms with Gasteiger partial charge in [-0.25, -0.2) is 0 Å². The summed E-state index contributed by atoms with van der Waals surface area (Å²) in [4.78, 5) is 22.1. The molecule has 110 valence electrons. The van der Waals surface area contributed by atoms with Crippen molar-refractivity contribution >= 4 is 35.2 Å². The van der Waals surface area contributed by atoms with Crippen LogP contribution in [0.2, 0.25) is 5.02 Å². The van der Waals surface area contributed by atoms with E-state index in [1.165, 1.54) is 4.68 Å². The first kappa shape index (κ1) is 15.3. The number of carbonyl (C=O) groups excluding carboxylic acids is 2. The van der Waals surface area contributed by atoms with Crippen molar-refractivity contribution in [3.8, 4) is 5.69 Å². The van der Waals surface area contributed by atoms with E-state index in [1.807, 2.05) is 0 Å². The van der Waals surface area contributed by atoms with Gasteiger partial charge in [-0.3, -0.25) is 9.59 Å². The number of rotatable bonds is 6. The first-order chi connectivity index (χ1) is 10.1. The summed E-state index contributed by atoms with van der Waals surface area (Å²) < 4.78 is 1.49. The molecule has 1 aromatic heterocycles. The maximum absolute atomic E-state index is 11.5. The van der Waals surface area contributed by atoms with Crippen molar-refractivity contribution in [2.45, 2.75) is 5.16 Å². The first-order valence-corrected chi connectivity index (χ1v) is 7.15. The average Bonchev–Trinajstić information content (AvgIpc) is 2.92. The molecule has 0 spiro atoms. The number of nitrogens with one attached hydrogen (secondary N) is 1. The Hall–Kier alpha value is -2.13. The van der Waals surface area contributed by atoms with Gasteiger partial charge in [0.25, 0.3) is 0 Å². The second-order valence-electron chi connectivity index (χ2n) is 3.88. The van der Waals surface area contributed by atoms with Crippen LogP contribution < -0.4 is 11.1 Å². The van der Waals surface area contributed by atoms with Gasteiger partial charge in [-0.1, -0.05) is 23.4 Å². The zero-order valence-corrected chi connectivity index (χ0v) is 12.3. The molecule has 2 aromatic rings. The molecule has 0 fully saturated rings. The van der Waals surface area contributed by atoms with Crippen molar-refractivity contribution in [1.29, 1.82) is 0 Å². The Morgan fingerprint density at radius 2 is 2.05 bits per heavy atom. The van der Waals surface area contributed by atoms with Crippen LogP contribution >= 0.6 is 23.4 Å². The van der Waals surface area contributed by atoms with Crippen LogP contribution in [0, 0.1) is 0 Å². The molecule has 2 amide bonds. The zero-order chi connectivity index (χ0) is 15.2. The minimum atomic E-state index is -0.598. The van der Waals surface area contributed by atoms with Crippen LogP contribution in [-0.4, -0.2) is 44.3 Å². The van der Waals surface area contributed by atoms with Crippen molar-refractivity contribution in [2.75, 3.05) is 12.3 Å². The van der Waals surface area contributed by atoms with Crippen LogP contribution in [0.25, 0.3) is 5.69 Å². The van der Waals surface area contributed by atoms with Gasteiger partial charge >= 0.3 is 0 Å². The second-order valence-corrected chi connectivity index (χ2v) is 5.26. The lowest BCUT2D eigenvalue weighted by molar-refractivity contribution is -0.123. The lowest BCUT2D eigenvalue weighted by Crippen LogP contribution is -2.34. The molecular formula is C11H11ClN6O2S. The van der Waals surface area contributed by atoms with Crippen molar-refractivity contribution in [2.24, 2.45) is 5.73 Å². The Balaban J connectivity index is 1.99. The largest absolute Gasteiger partial charge is 0.368 e. The summed E-state index contributed by atoms with van der Waals surface area (Å²) in [7, 11) is 0. The van der Waals surface area contributed by atoms with E-state index in [-0.39, 0.29) is 18.2 Å². The van der Waals surface area contributed by atoms with Gasteiger partial charge in [0.05, 0.1) is 18.0 Å². The molecule has 21 heavy (non-hydrogen) atoms. The summed E-state index contributed by atoms with van der Waals surface area (Å²) >= 11 is 6.96. The van der Waals surface area contributed by atoms with Crippen molar-refractivity contribution in [3.05, 3.63) is 29.3 Å². The van der Waals surface area contributed by atoms with Gasteiger partial charge in [0, 0.05) is 5.02 Å². The molecule has 8 nitrogen and oxygen atoms in total. The molecule has 0 bridgehead atoms. The number of carbonyl (C=O) groups is 2. The van der Waals surface area contributed by atoms with Gasteiger partial charge in [-0.2, -0.15) is 4.68 Å². The Bertz CT molecular complexity index is 644. The predicted molar refractivity (Wildman–Crippen MR) is 77.1 cm³/mol. The quantitative estimate of drug-likeness (QED) is 0.722. The molecule has 10 heteroatoms. The molecule has 2 rings (SSSR count). The SMILES string of the molecule is NC(=O)CNC(=O)CSc1nnnn1-c1ccc(Cl)cc1. The molecule has 0 aliphatic heterocycles. The maximum Gasteiger partial charge on any atom is 0.236 e. The predicted octanol–water partition coefficient (Wildman–Crippen LogP) is 0.00930. The van der Waals surface area contributed by atoms with Crippen molar-refractivity contribution in [3.63, 3.8) is 0 Å². The van der Waals surface area contributed by atoms with Crippen LogP contribution in [0.5, 0.6) is 0 Å². The first-order valence-electron chi connectivity index (χ1n) is 5.78. The average molecular weight is 327 g/mol. The van der Waals surface area contributed by atoms with Crippen LogP contribution in [0.15, 0.2) is 29.4 Å². The van der Waals surface area contributed by atoms with Crippen molar-refractivity contribution in [1.82, 2.24) is 25.5 Å². The number of aromatic nitrogens is 4. The Labute approximate surface area is 129 Å². The van der Waals surface area contributed by atoms with Gasteiger partial charge in [0.2, 0.25) is 17.0 Å². The monoisotopic (exact) mass is 326 g/mol. The third kappa shape index (κ3) is 4.43. The molecule has 0 radical (unpaired) electrons. The molecule has 0 aliphatic rings. The third-order valence-corrected chi connectivity index (χ3v) is 3.48. The number of nitrogens with two attached hydrogens (primary N) is 1. The fraction of sp³-hybridized carbons (Fsp3) is 0.182. The number of hydrogen-bond donors (Lipinski definition) is 2. The van der Waals surface area contributed by atoms with E-state index in [0.29, 0.717) is 10.2 Å². The highest BCUT2D eigenvalue weighted by atomic mass is 35.5. The van der Waals surface area contributed by atoms with Crippen molar-refractivity contribution < 1.29 is 9.59 Å². The molecule has 1 aromatic carbocycles. The van der Waals surface area contributed by atoms with Gasteiger partial charge in [-0.05, 0) is 34.7 Å². The molecular weight excluding hydrogens is 316 g/mol. The molecule has 0 saturated heterocycles. The van der Waals surface area contributed by atoms with Gasteiger partial charge < -0.3 is 11.1 Å². The highest BCUT2D eigenvalue weighted by Gasteiger charge is 2.11. The second kappa shape index (κ2) is 7.04. The fourth-order valence-corrected chi connectivity index (χ4v) is 2.23. The lowest BCUT2D eigenvalue weighted by atomic mass is 10.3. The topological polar surface area (TPSA) is 116 Å². The van der Waals surface area contributed by atoms with E-state index < -0.39 is 5.91 Å². The van der Waals surface area contributed by atoms with Crippen LogP contribution in [0.4, 0.5) is 0 Å². The van der Waals surface area contributed by atoms with E-state index in [4.69, 9.17) is 17.3 Å². The number of benzene rings is 1. The summed E-state index contributed by atoms with van der Waals surface area (Å²) in [5.74, 6) is -0.856. The standard InChI is InChI=1S/C11H11ClN6O2S/c12-7-1-3-8(4-2-7)18-11(15-16-17-18)21-6-10(20)14-5-9(13)19/h1-4H,5-6H2,(H2,13,19)(H,14,20). The van der Waals surface area contributed by atoms with E-state index in [1.54, 1.807) is 24.3 Å². The smallest absolute Gasteiger partial charge is 0.236 e. The third-order valence-electron chi connectivity index (χ3n) is 2.30. The molecule has 0 aliphatic carbocycles. The number of primary amides is 1. The number of thioether (sulfide) groups is 1. The number of halogens is 1. The lowest BCUT2D eigenvalue weighted by Gasteiger charge is -2.04. The van der Waals surface area contributed by atoms with Crippen LogP contribution in [-0.2, 0) is 9.59 Å². The van der Waals surface area contributed by atoms with Gasteiger partial charge in [-0.15, -0.1) is 5.10 Å². The molecule has 3 N–H and O–H groups in total. The molecule has 0 saturated carbocycles. The minimum Gasteiger partial charge on any atom is -0.368 e. The molecule has 1 heterocycles. The number of hydrogen-bond acceptors (Lipinski definition) is 6. The number of nitrogens with zero attached hydrogens (tertiary/aromatic N) is 4. The van der Waals surface area contributed by atoms with Gasteiger partial charge in [0.15, 0.2) is 0 Å². The number of amides is 2. The van der Waals surface area contributed by atoms with E-state index in [0.717, 1.165) is 17.4 Å². The normalized spacial score (nSPS) is 10.3. The van der Waals surface area contributed by atoms with Crippen LogP contribution in [0.3, 0.4) is 0 Å². The molecule has 0 unspecified atom stereocenters. The zero-order valence-electron chi connectivity index (χ0n) is 10.7. The van der Waals surface area contributed by atoms with E-state index in [2.05, 4.69) is 20.8 Å². The Morgan fingerprint density at radius 3 is 2.71 bits per heavy atom. The summed E-state index contributed by atoms with van der Waals surface area (Å²) in [6.45, 7) is -0.193. The summed E-state index contributed by atoms with van der Waals surface area (Å²) in [6.07, 6.45) is 0. The number of tetrazole rings is 1. The van der Waals surface area contributed by atoms with E-state index >= 15 is 0 Å². The highest BCUT2D eigenvalue weighted by molar-refractivity contribution is 7.99. The van der Waals surface area contributed by atoms with E-state index in [9.17, 15) is 9.59 Å². The maximum atomic E-state index is 11.5.